The highest BCUT2D eigenvalue weighted by molar-refractivity contribution is 7.12. The maximum absolute atomic E-state index is 12.2. The first-order chi connectivity index (χ1) is 10.2. The number of carbonyl (C=O) groups excluding carboxylic acids is 1. The maximum atomic E-state index is 12.2. The Hall–Kier alpha value is -1.71. The van der Waals surface area contributed by atoms with Crippen molar-refractivity contribution in [1.82, 2.24) is 10.3 Å². The molecular formula is C15H15N3OS2. The number of nitrogens with zero attached hydrogens (tertiary/aromatic N) is 2. The van der Waals surface area contributed by atoms with Crippen molar-refractivity contribution in [1.29, 1.82) is 5.26 Å². The van der Waals surface area contributed by atoms with Crippen LogP contribution in [0.2, 0.25) is 0 Å². The summed E-state index contributed by atoms with van der Waals surface area (Å²) in [6.07, 6.45) is 3.32. The number of thiazole rings is 1. The van der Waals surface area contributed by atoms with Crippen LogP contribution in [0, 0.1) is 18.3 Å². The number of fused-ring (bicyclic) bond motifs is 1. The number of thiophene rings is 1. The molecule has 0 fully saturated rings. The van der Waals surface area contributed by atoms with Crippen LogP contribution in [0.4, 0.5) is 0 Å². The maximum Gasteiger partial charge on any atom is 0.262 e. The van der Waals surface area contributed by atoms with Crippen LogP contribution in [0.1, 0.15) is 49.6 Å². The molecular weight excluding hydrogens is 302 g/mol. The highest BCUT2D eigenvalue weighted by atomic mass is 32.1. The minimum Gasteiger partial charge on any atom is -0.351 e. The normalized spacial score (nSPS) is 17.0. The van der Waals surface area contributed by atoms with E-state index in [9.17, 15) is 4.79 Å². The van der Waals surface area contributed by atoms with E-state index in [1.807, 2.05) is 6.92 Å². The van der Waals surface area contributed by atoms with E-state index in [1.165, 1.54) is 16.2 Å². The second-order valence-corrected chi connectivity index (χ2v) is 7.32. The van der Waals surface area contributed by atoms with E-state index in [2.05, 4.69) is 16.4 Å². The van der Waals surface area contributed by atoms with E-state index in [1.54, 1.807) is 22.8 Å². The highest BCUT2D eigenvalue weighted by Gasteiger charge is 2.25. The molecule has 0 unspecified atom stereocenters. The lowest BCUT2D eigenvalue weighted by Crippen LogP contribution is -2.29. The second kappa shape index (κ2) is 5.96. The molecule has 6 heteroatoms. The molecule has 0 spiro atoms. The zero-order chi connectivity index (χ0) is 14.8. The number of aromatic nitrogens is 1. The molecule has 0 bridgehead atoms. The van der Waals surface area contributed by atoms with Gasteiger partial charge in [0, 0.05) is 17.3 Å². The third kappa shape index (κ3) is 2.85. The molecule has 3 rings (SSSR count). The van der Waals surface area contributed by atoms with Gasteiger partial charge in [0.1, 0.15) is 10.9 Å². The molecule has 2 aromatic heterocycles. The van der Waals surface area contributed by atoms with Crippen molar-refractivity contribution in [3.05, 3.63) is 37.5 Å². The molecule has 1 N–H and O–H groups in total. The van der Waals surface area contributed by atoms with Gasteiger partial charge in [-0.15, -0.1) is 22.7 Å². The van der Waals surface area contributed by atoms with Gasteiger partial charge in [-0.1, -0.05) is 0 Å². The summed E-state index contributed by atoms with van der Waals surface area (Å²) in [6.45, 7) is 2.63. The largest absolute Gasteiger partial charge is 0.351 e. The first-order valence-corrected chi connectivity index (χ1v) is 8.60. The Balaban J connectivity index is 1.69. The second-order valence-electron chi connectivity index (χ2n) is 5.12. The Labute approximate surface area is 131 Å². The van der Waals surface area contributed by atoms with Crippen molar-refractivity contribution >= 4 is 28.6 Å². The Morgan fingerprint density at radius 1 is 1.62 bits per heavy atom. The number of rotatable bonds is 3. The molecule has 0 saturated heterocycles. The molecule has 4 nitrogen and oxygen atoms in total. The molecule has 21 heavy (non-hydrogen) atoms. The smallest absolute Gasteiger partial charge is 0.262 e. The van der Waals surface area contributed by atoms with Crippen LogP contribution in [-0.2, 0) is 6.42 Å². The average Bonchev–Trinajstić information content (AvgIpc) is 3.09. The number of nitriles is 1. The zero-order valence-corrected chi connectivity index (χ0v) is 13.3. The molecule has 0 aliphatic heterocycles. The Bertz CT molecular complexity index is 711. The van der Waals surface area contributed by atoms with E-state index in [0.29, 0.717) is 22.9 Å². The predicted octanol–water partition coefficient (Wildman–Crippen LogP) is 3.23. The Kier molecular flexibility index (Phi) is 4.04. The molecule has 0 aromatic carbocycles. The minimum atomic E-state index is -0.152. The fourth-order valence-electron chi connectivity index (χ4n) is 2.70. The van der Waals surface area contributed by atoms with Gasteiger partial charge >= 0.3 is 0 Å². The number of hydrogen-bond acceptors (Lipinski definition) is 5. The molecule has 1 aliphatic rings. The van der Waals surface area contributed by atoms with Crippen LogP contribution in [0.15, 0.2) is 11.4 Å². The first kappa shape index (κ1) is 14.2. The summed E-state index contributed by atoms with van der Waals surface area (Å²) in [6, 6.07) is 3.73. The van der Waals surface area contributed by atoms with E-state index >= 15 is 0 Å². The van der Waals surface area contributed by atoms with Crippen LogP contribution >= 0.6 is 22.7 Å². The van der Waals surface area contributed by atoms with E-state index < -0.39 is 0 Å². The predicted molar refractivity (Wildman–Crippen MR) is 83.9 cm³/mol. The van der Waals surface area contributed by atoms with Crippen molar-refractivity contribution < 1.29 is 4.79 Å². The van der Waals surface area contributed by atoms with Gasteiger partial charge in [-0.3, -0.25) is 4.79 Å². The molecule has 108 valence electrons. The Morgan fingerprint density at radius 2 is 2.48 bits per heavy atom. The summed E-state index contributed by atoms with van der Waals surface area (Å²) in [4.78, 5) is 18.7. The molecule has 1 aliphatic carbocycles. The van der Waals surface area contributed by atoms with E-state index in [-0.39, 0.29) is 5.91 Å². The van der Waals surface area contributed by atoms with Crippen LogP contribution in [0.5, 0.6) is 0 Å². The summed E-state index contributed by atoms with van der Waals surface area (Å²) < 4.78 is 0. The highest BCUT2D eigenvalue weighted by Crippen LogP contribution is 2.34. The molecule has 2 heterocycles. The van der Waals surface area contributed by atoms with Gasteiger partial charge in [0.05, 0.1) is 16.3 Å². The third-order valence-electron chi connectivity index (χ3n) is 3.68. The van der Waals surface area contributed by atoms with Gasteiger partial charge in [0.2, 0.25) is 0 Å². The van der Waals surface area contributed by atoms with E-state index in [4.69, 9.17) is 5.26 Å². The molecule has 2 aromatic rings. The quantitative estimate of drug-likeness (QED) is 0.945. The summed E-state index contributed by atoms with van der Waals surface area (Å²) in [7, 11) is 0. The summed E-state index contributed by atoms with van der Waals surface area (Å²) in [5, 5.41) is 14.8. The lowest BCUT2D eigenvalue weighted by atomic mass is 9.91. The van der Waals surface area contributed by atoms with Crippen molar-refractivity contribution in [2.75, 3.05) is 6.54 Å². The number of hydrogen-bond donors (Lipinski definition) is 1. The lowest BCUT2D eigenvalue weighted by molar-refractivity contribution is 0.0954. The van der Waals surface area contributed by atoms with Crippen molar-refractivity contribution in [3.8, 4) is 6.07 Å². The molecule has 0 radical (unpaired) electrons. The number of carbonyl (C=O) groups is 1. The van der Waals surface area contributed by atoms with Gasteiger partial charge in [0.15, 0.2) is 0 Å². The summed E-state index contributed by atoms with van der Waals surface area (Å²) in [5.74, 6) is 0.147. The molecule has 0 saturated carbocycles. The topological polar surface area (TPSA) is 65.8 Å². The zero-order valence-electron chi connectivity index (χ0n) is 11.7. The first-order valence-electron chi connectivity index (χ1n) is 6.91. The van der Waals surface area contributed by atoms with Gasteiger partial charge < -0.3 is 5.32 Å². The van der Waals surface area contributed by atoms with Gasteiger partial charge in [-0.05, 0) is 37.6 Å². The Morgan fingerprint density at radius 3 is 3.29 bits per heavy atom. The van der Waals surface area contributed by atoms with Crippen LogP contribution in [0.25, 0.3) is 0 Å². The monoisotopic (exact) mass is 317 g/mol. The van der Waals surface area contributed by atoms with Gasteiger partial charge in [0.25, 0.3) is 5.91 Å². The van der Waals surface area contributed by atoms with Crippen LogP contribution in [-0.4, -0.2) is 17.4 Å². The number of aryl methyl sites for hydroxylation is 2. The number of amides is 1. The number of nitrogens with one attached hydrogen (secondary N) is 1. The van der Waals surface area contributed by atoms with Gasteiger partial charge in [-0.2, -0.15) is 5.26 Å². The molecule has 1 atom stereocenters. The van der Waals surface area contributed by atoms with Crippen molar-refractivity contribution in [3.63, 3.8) is 0 Å². The van der Waals surface area contributed by atoms with Crippen molar-refractivity contribution in [2.24, 2.45) is 0 Å². The standard InChI is InChI=1S/C15H15N3OS2/c1-9-18-13-11(3-2-4-12(13)21-9)8-17-15(19)14-10(7-16)5-6-20-14/h5-6,11H,2-4,8H2,1H3,(H,17,19)/t11-/m0/s1. The average molecular weight is 317 g/mol. The SMILES string of the molecule is Cc1nc2c(s1)CCC[C@H]2CNC(=O)c1sccc1C#N. The summed E-state index contributed by atoms with van der Waals surface area (Å²) >= 11 is 3.08. The third-order valence-corrected chi connectivity index (χ3v) is 5.64. The van der Waals surface area contributed by atoms with E-state index in [0.717, 1.165) is 30.0 Å². The van der Waals surface area contributed by atoms with Crippen molar-refractivity contribution in [2.45, 2.75) is 32.1 Å². The minimum absolute atomic E-state index is 0.152. The lowest BCUT2D eigenvalue weighted by Gasteiger charge is -2.21. The fraction of sp³-hybridized carbons (Fsp3) is 0.400. The molecule has 1 amide bonds. The van der Waals surface area contributed by atoms with Crippen LogP contribution in [0.3, 0.4) is 0 Å². The van der Waals surface area contributed by atoms with Gasteiger partial charge in [-0.25, -0.2) is 4.98 Å². The van der Waals surface area contributed by atoms with Crippen LogP contribution < -0.4 is 5.32 Å². The fourth-order valence-corrected chi connectivity index (χ4v) is 4.52. The summed E-state index contributed by atoms with van der Waals surface area (Å²) in [5.41, 5.74) is 1.61.